The number of fused-ring (bicyclic) bond motifs is 1. The van der Waals surface area contributed by atoms with Gasteiger partial charge in [-0.05, 0) is 37.1 Å². The molecule has 5 heteroatoms. The lowest BCUT2D eigenvalue weighted by Crippen LogP contribution is -2.22. The first kappa shape index (κ1) is 13.9. The van der Waals surface area contributed by atoms with Crippen molar-refractivity contribution in [3.63, 3.8) is 0 Å². The van der Waals surface area contributed by atoms with Gasteiger partial charge in [0, 0.05) is 29.4 Å². The highest BCUT2D eigenvalue weighted by molar-refractivity contribution is 7.11. The van der Waals surface area contributed by atoms with Crippen LogP contribution in [0.3, 0.4) is 0 Å². The maximum Gasteiger partial charge on any atom is 0.140 e. The van der Waals surface area contributed by atoms with Crippen molar-refractivity contribution in [2.75, 3.05) is 6.54 Å². The molecule has 0 amide bonds. The number of aryl methyl sites for hydroxylation is 2. The topological polar surface area (TPSA) is 34.1 Å². The van der Waals surface area contributed by atoms with Crippen molar-refractivity contribution < 1.29 is 4.74 Å². The smallest absolute Gasteiger partial charge is 0.140 e. The van der Waals surface area contributed by atoms with Gasteiger partial charge in [0.25, 0.3) is 0 Å². The van der Waals surface area contributed by atoms with Gasteiger partial charge in [-0.1, -0.05) is 11.6 Å². The SMILES string of the molecule is Cc1cc(OCc2nc3c(s2)CNCC3)cc(C)c1Cl. The molecule has 0 radical (unpaired) electrons. The van der Waals surface area contributed by atoms with E-state index in [0.717, 1.165) is 46.4 Å². The van der Waals surface area contributed by atoms with E-state index in [0.29, 0.717) is 6.61 Å². The predicted molar refractivity (Wildman–Crippen MR) is 82.8 cm³/mol. The Bertz CT molecular complexity index is 592. The first-order valence-corrected chi connectivity index (χ1v) is 7.90. The van der Waals surface area contributed by atoms with Crippen molar-refractivity contribution in [1.82, 2.24) is 10.3 Å². The molecule has 0 aliphatic carbocycles. The average Bonchev–Trinajstić information content (AvgIpc) is 2.85. The zero-order valence-electron chi connectivity index (χ0n) is 11.6. The van der Waals surface area contributed by atoms with Crippen LogP contribution < -0.4 is 10.1 Å². The molecule has 0 saturated carbocycles. The molecule has 2 aromatic rings. The summed E-state index contributed by atoms with van der Waals surface area (Å²) >= 11 is 7.90. The number of rotatable bonds is 3. The number of benzene rings is 1. The zero-order chi connectivity index (χ0) is 14.1. The van der Waals surface area contributed by atoms with E-state index in [-0.39, 0.29) is 0 Å². The minimum Gasteiger partial charge on any atom is -0.486 e. The van der Waals surface area contributed by atoms with Gasteiger partial charge in [0.1, 0.15) is 17.4 Å². The van der Waals surface area contributed by atoms with Gasteiger partial charge in [0.15, 0.2) is 0 Å². The number of nitrogens with zero attached hydrogens (tertiary/aromatic N) is 1. The molecule has 3 rings (SSSR count). The van der Waals surface area contributed by atoms with Crippen LogP contribution in [-0.4, -0.2) is 11.5 Å². The average molecular weight is 309 g/mol. The first-order chi connectivity index (χ1) is 9.63. The maximum absolute atomic E-state index is 6.16. The molecule has 1 aromatic carbocycles. The highest BCUT2D eigenvalue weighted by Gasteiger charge is 2.15. The molecule has 1 aromatic heterocycles. The van der Waals surface area contributed by atoms with Crippen molar-refractivity contribution in [1.29, 1.82) is 0 Å². The zero-order valence-corrected chi connectivity index (χ0v) is 13.2. The van der Waals surface area contributed by atoms with Crippen LogP contribution in [0.4, 0.5) is 0 Å². The molecular weight excluding hydrogens is 292 g/mol. The number of nitrogens with one attached hydrogen (secondary N) is 1. The number of hydrogen-bond donors (Lipinski definition) is 1. The molecular formula is C15H17ClN2OS. The highest BCUT2D eigenvalue weighted by atomic mass is 35.5. The van der Waals surface area contributed by atoms with Gasteiger partial charge in [-0.25, -0.2) is 4.98 Å². The normalized spacial score (nSPS) is 14.2. The van der Waals surface area contributed by atoms with Gasteiger partial charge in [-0.2, -0.15) is 0 Å². The van der Waals surface area contributed by atoms with E-state index < -0.39 is 0 Å². The molecule has 0 atom stereocenters. The second-order valence-electron chi connectivity index (χ2n) is 5.06. The van der Waals surface area contributed by atoms with Crippen LogP contribution in [0, 0.1) is 13.8 Å². The van der Waals surface area contributed by atoms with Crippen molar-refractivity contribution in [2.24, 2.45) is 0 Å². The predicted octanol–water partition coefficient (Wildman–Crippen LogP) is 3.64. The second kappa shape index (κ2) is 5.72. The van der Waals surface area contributed by atoms with Crippen LogP contribution >= 0.6 is 22.9 Å². The number of ether oxygens (including phenoxy) is 1. The Morgan fingerprint density at radius 2 is 2.10 bits per heavy atom. The summed E-state index contributed by atoms with van der Waals surface area (Å²) in [5, 5.41) is 5.22. The molecule has 1 N–H and O–H groups in total. The molecule has 2 heterocycles. The van der Waals surface area contributed by atoms with E-state index in [1.54, 1.807) is 11.3 Å². The van der Waals surface area contributed by atoms with E-state index in [2.05, 4.69) is 10.3 Å². The van der Waals surface area contributed by atoms with Crippen LogP contribution in [0.5, 0.6) is 5.75 Å². The molecule has 1 aliphatic heterocycles. The monoisotopic (exact) mass is 308 g/mol. The van der Waals surface area contributed by atoms with E-state index in [1.807, 2.05) is 26.0 Å². The van der Waals surface area contributed by atoms with Gasteiger partial charge in [0.05, 0.1) is 5.69 Å². The van der Waals surface area contributed by atoms with Gasteiger partial charge in [-0.3, -0.25) is 0 Å². The third-order valence-corrected chi connectivity index (χ3v) is 5.09. The minimum atomic E-state index is 0.526. The molecule has 0 saturated heterocycles. The van der Waals surface area contributed by atoms with Crippen LogP contribution in [0.1, 0.15) is 26.7 Å². The quantitative estimate of drug-likeness (QED) is 0.940. The summed E-state index contributed by atoms with van der Waals surface area (Å²) in [6.07, 6.45) is 1.02. The Hall–Kier alpha value is -1.10. The fraction of sp³-hybridized carbons (Fsp3) is 0.400. The third-order valence-electron chi connectivity index (χ3n) is 3.42. The Morgan fingerprint density at radius 1 is 1.35 bits per heavy atom. The largest absolute Gasteiger partial charge is 0.486 e. The summed E-state index contributed by atoms with van der Waals surface area (Å²) < 4.78 is 5.86. The van der Waals surface area contributed by atoms with Crippen molar-refractivity contribution in [3.8, 4) is 5.75 Å². The van der Waals surface area contributed by atoms with E-state index >= 15 is 0 Å². The summed E-state index contributed by atoms with van der Waals surface area (Å²) in [7, 11) is 0. The number of thiazole rings is 1. The van der Waals surface area contributed by atoms with Crippen LogP contribution in [0.2, 0.25) is 5.02 Å². The van der Waals surface area contributed by atoms with Gasteiger partial charge in [-0.15, -0.1) is 11.3 Å². The fourth-order valence-corrected chi connectivity index (χ4v) is 3.48. The molecule has 0 unspecified atom stereocenters. The van der Waals surface area contributed by atoms with Crippen LogP contribution in [0.15, 0.2) is 12.1 Å². The molecule has 1 aliphatic rings. The van der Waals surface area contributed by atoms with Crippen molar-refractivity contribution in [3.05, 3.63) is 43.9 Å². The maximum atomic E-state index is 6.16. The Kier molecular flexibility index (Phi) is 3.96. The van der Waals surface area contributed by atoms with Crippen molar-refractivity contribution in [2.45, 2.75) is 33.4 Å². The number of halogens is 1. The number of hydrogen-bond acceptors (Lipinski definition) is 4. The Labute approximate surface area is 127 Å². The highest BCUT2D eigenvalue weighted by Crippen LogP contribution is 2.27. The lowest BCUT2D eigenvalue weighted by molar-refractivity contribution is 0.305. The summed E-state index contributed by atoms with van der Waals surface area (Å²) in [5.41, 5.74) is 3.32. The van der Waals surface area contributed by atoms with E-state index in [1.165, 1.54) is 10.6 Å². The van der Waals surface area contributed by atoms with Crippen LogP contribution in [0.25, 0.3) is 0 Å². The first-order valence-electron chi connectivity index (χ1n) is 6.71. The van der Waals surface area contributed by atoms with E-state index in [4.69, 9.17) is 16.3 Å². The fourth-order valence-electron chi connectivity index (χ4n) is 2.38. The van der Waals surface area contributed by atoms with E-state index in [9.17, 15) is 0 Å². The van der Waals surface area contributed by atoms with Gasteiger partial charge < -0.3 is 10.1 Å². The molecule has 0 fully saturated rings. The molecule has 20 heavy (non-hydrogen) atoms. The number of aromatic nitrogens is 1. The molecule has 106 valence electrons. The molecule has 0 spiro atoms. The van der Waals surface area contributed by atoms with Gasteiger partial charge >= 0.3 is 0 Å². The van der Waals surface area contributed by atoms with Crippen LogP contribution in [-0.2, 0) is 19.6 Å². The standard InChI is InChI=1S/C15H17ClN2OS/c1-9-5-11(6-10(2)15(9)16)19-8-14-18-12-3-4-17-7-13(12)20-14/h5-6,17H,3-4,7-8H2,1-2H3. The minimum absolute atomic E-state index is 0.526. The third kappa shape index (κ3) is 2.82. The lowest BCUT2D eigenvalue weighted by atomic mass is 10.1. The summed E-state index contributed by atoms with van der Waals surface area (Å²) in [6.45, 7) is 6.48. The lowest BCUT2D eigenvalue weighted by Gasteiger charge is -2.09. The second-order valence-corrected chi connectivity index (χ2v) is 6.61. The molecule has 3 nitrogen and oxygen atoms in total. The summed E-state index contributed by atoms with van der Waals surface area (Å²) in [4.78, 5) is 6.00. The van der Waals surface area contributed by atoms with Crippen molar-refractivity contribution >= 4 is 22.9 Å². The van der Waals surface area contributed by atoms with Gasteiger partial charge in [0.2, 0.25) is 0 Å². The Morgan fingerprint density at radius 3 is 2.80 bits per heavy atom. The summed E-state index contributed by atoms with van der Waals surface area (Å²) in [5.74, 6) is 0.857. The summed E-state index contributed by atoms with van der Waals surface area (Å²) in [6, 6.07) is 3.95. The molecule has 0 bridgehead atoms. The Balaban J connectivity index is 1.72.